The highest BCUT2D eigenvalue weighted by Gasteiger charge is 2.29. The summed E-state index contributed by atoms with van der Waals surface area (Å²) in [7, 11) is 0. The van der Waals surface area contributed by atoms with Crippen molar-refractivity contribution in [3.63, 3.8) is 0 Å². The summed E-state index contributed by atoms with van der Waals surface area (Å²) in [5.74, 6) is 0.711. The van der Waals surface area contributed by atoms with Gasteiger partial charge in [-0.1, -0.05) is 6.92 Å². The summed E-state index contributed by atoms with van der Waals surface area (Å²) in [5.41, 5.74) is 0.313. The van der Waals surface area contributed by atoms with Gasteiger partial charge in [-0.15, -0.1) is 0 Å². The average molecular weight is 277 g/mol. The number of ether oxygens (including phenoxy) is 1. The van der Waals surface area contributed by atoms with Crippen molar-refractivity contribution in [3.05, 3.63) is 23.9 Å². The van der Waals surface area contributed by atoms with Crippen LogP contribution in [0.5, 0.6) is 0 Å². The van der Waals surface area contributed by atoms with Gasteiger partial charge in [-0.3, -0.25) is 4.79 Å². The molecule has 1 unspecified atom stereocenters. The van der Waals surface area contributed by atoms with Crippen molar-refractivity contribution in [2.75, 3.05) is 25.1 Å². The minimum Gasteiger partial charge on any atom is -0.379 e. The Labute approximate surface area is 120 Å². The highest BCUT2D eigenvalue weighted by atomic mass is 16.5. The molecule has 0 radical (unpaired) electrons. The number of carbonyl (C=O) groups is 1. The second-order valence-corrected chi connectivity index (χ2v) is 5.53. The third kappa shape index (κ3) is 3.93. The molecule has 1 aliphatic heterocycles. The maximum absolute atomic E-state index is 12.2. The van der Waals surface area contributed by atoms with Gasteiger partial charge in [0.2, 0.25) is 0 Å². The number of nitrogens with zero attached hydrogens (tertiary/aromatic N) is 1. The van der Waals surface area contributed by atoms with Crippen LogP contribution in [0.4, 0.5) is 5.82 Å². The number of nitrogens with one attached hydrogen (secondary N) is 2. The van der Waals surface area contributed by atoms with E-state index in [-0.39, 0.29) is 11.4 Å². The van der Waals surface area contributed by atoms with Crippen LogP contribution in [0.2, 0.25) is 0 Å². The van der Waals surface area contributed by atoms with Gasteiger partial charge in [0.15, 0.2) is 0 Å². The Bertz CT molecular complexity index is 439. The smallest absolute Gasteiger partial charge is 0.253 e. The second kappa shape index (κ2) is 6.70. The van der Waals surface area contributed by atoms with Crippen LogP contribution < -0.4 is 10.6 Å². The van der Waals surface area contributed by atoms with Crippen molar-refractivity contribution in [2.45, 2.75) is 38.6 Å². The van der Waals surface area contributed by atoms with E-state index in [1.807, 2.05) is 13.0 Å². The molecular formula is C15H23N3O2. The number of rotatable bonds is 5. The molecule has 5 nitrogen and oxygen atoms in total. The molecule has 0 spiro atoms. The molecule has 110 valence electrons. The maximum Gasteiger partial charge on any atom is 0.253 e. The van der Waals surface area contributed by atoms with E-state index < -0.39 is 0 Å². The molecule has 20 heavy (non-hydrogen) atoms. The van der Waals surface area contributed by atoms with Crippen LogP contribution >= 0.6 is 0 Å². The fraction of sp³-hybridized carbons (Fsp3) is 0.600. The van der Waals surface area contributed by atoms with Crippen LogP contribution in [0.3, 0.4) is 0 Å². The molecule has 1 aromatic heterocycles. The second-order valence-electron chi connectivity index (χ2n) is 5.53. The van der Waals surface area contributed by atoms with Gasteiger partial charge in [-0.2, -0.15) is 0 Å². The number of carbonyl (C=O) groups excluding carboxylic acids is 1. The molecule has 1 aromatic rings. The molecule has 0 aliphatic carbocycles. The van der Waals surface area contributed by atoms with E-state index in [1.165, 1.54) is 0 Å². The first kappa shape index (κ1) is 14.8. The quantitative estimate of drug-likeness (QED) is 0.866. The van der Waals surface area contributed by atoms with Crippen molar-refractivity contribution in [2.24, 2.45) is 0 Å². The van der Waals surface area contributed by atoms with Gasteiger partial charge >= 0.3 is 0 Å². The fourth-order valence-corrected chi connectivity index (χ4v) is 2.26. The minimum atomic E-state index is -0.269. The van der Waals surface area contributed by atoms with Crippen LogP contribution in [0, 0.1) is 0 Å². The number of hydrogen-bond acceptors (Lipinski definition) is 4. The average Bonchev–Trinajstić information content (AvgIpc) is 2.46. The summed E-state index contributed by atoms with van der Waals surface area (Å²) >= 11 is 0. The van der Waals surface area contributed by atoms with Crippen LogP contribution in [0.1, 0.15) is 43.5 Å². The molecule has 2 rings (SSSR count). The lowest BCUT2D eigenvalue weighted by Gasteiger charge is -2.34. The summed E-state index contributed by atoms with van der Waals surface area (Å²) in [4.78, 5) is 16.5. The van der Waals surface area contributed by atoms with E-state index in [0.29, 0.717) is 12.2 Å². The standard InChI is InChI=1S/C15H23N3O2/c1-3-8-16-13-6-5-12(10-17-13)14(19)18-15(2)7-4-9-20-11-15/h5-6,10H,3-4,7-9,11H2,1-2H3,(H,16,17)(H,18,19). The maximum atomic E-state index is 12.2. The number of amides is 1. The fourth-order valence-electron chi connectivity index (χ4n) is 2.26. The predicted octanol–water partition coefficient (Wildman–Crippen LogP) is 2.20. The summed E-state index contributed by atoms with van der Waals surface area (Å²) in [6, 6.07) is 3.64. The van der Waals surface area contributed by atoms with Gasteiger partial charge in [0.05, 0.1) is 17.7 Å². The van der Waals surface area contributed by atoms with Crippen molar-refractivity contribution in [3.8, 4) is 0 Å². The Morgan fingerprint density at radius 1 is 1.50 bits per heavy atom. The van der Waals surface area contributed by atoms with Crippen LogP contribution in [-0.2, 0) is 4.74 Å². The third-order valence-corrected chi connectivity index (χ3v) is 3.43. The Hall–Kier alpha value is -1.62. The van der Waals surface area contributed by atoms with Gasteiger partial charge < -0.3 is 15.4 Å². The number of anilines is 1. The van der Waals surface area contributed by atoms with Crippen molar-refractivity contribution >= 4 is 11.7 Å². The zero-order chi connectivity index (χ0) is 14.4. The van der Waals surface area contributed by atoms with Crippen molar-refractivity contribution in [1.29, 1.82) is 0 Å². The zero-order valence-corrected chi connectivity index (χ0v) is 12.2. The largest absolute Gasteiger partial charge is 0.379 e. The lowest BCUT2D eigenvalue weighted by atomic mass is 9.94. The molecule has 5 heteroatoms. The molecule has 1 aliphatic rings. The Kier molecular flexibility index (Phi) is 4.95. The molecule has 0 aromatic carbocycles. The molecule has 1 amide bonds. The van der Waals surface area contributed by atoms with Gasteiger partial charge in [-0.25, -0.2) is 4.98 Å². The predicted molar refractivity (Wildman–Crippen MR) is 78.9 cm³/mol. The molecule has 1 fully saturated rings. The first-order valence-corrected chi connectivity index (χ1v) is 7.23. The summed E-state index contributed by atoms with van der Waals surface area (Å²) in [6.45, 7) is 6.36. The number of aromatic nitrogens is 1. The van der Waals surface area contributed by atoms with Crippen LogP contribution in [0.25, 0.3) is 0 Å². The summed E-state index contributed by atoms with van der Waals surface area (Å²) in [5, 5.41) is 6.24. The molecule has 0 bridgehead atoms. The van der Waals surface area contributed by atoms with E-state index in [1.54, 1.807) is 12.3 Å². The van der Waals surface area contributed by atoms with E-state index in [0.717, 1.165) is 38.2 Å². The molecule has 1 saturated heterocycles. The van der Waals surface area contributed by atoms with Crippen molar-refractivity contribution < 1.29 is 9.53 Å². The van der Waals surface area contributed by atoms with Gasteiger partial charge in [0.1, 0.15) is 5.82 Å². The highest BCUT2D eigenvalue weighted by Crippen LogP contribution is 2.19. The number of hydrogen-bond donors (Lipinski definition) is 2. The number of pyridine rings is 1. The Balaban J connectivity index is 1.94. The first-order valence-electron chi connectivity index (χ1n) is 7.23. The third-order valence-electron chi connectivity index (χ3n) is 3.43. The van der Waals surface area contributed by atoms with Crippen LogP contribution in [-0.4, -0.2) is 36.2 Å². The monoisotopic (exact) mass is 277 g/mol. The van der Waals surface area contributed by atoms with E-state index in [9.17, 15) is 4.79 Å². The highest BCUT2D eigenvalue weighted by molar-refractivity contribution is 5.94. The Morgan fingerprint density at radius 3 is 2.95 bits per heavy atom. The Morgan fingerprint density at radius 2 is 2.35 bits per heavy atom. The lowest BCUT2D eigenvalue weighted by Crippen LogP contribution is -2.51. The molecule has 2 N–H and O–H groups in total. The first-order chi connectivity index (χ1) is 9.63. The van der Waals surface area contributed by atoms with E-state index in [2.05, 4.69) is 22.5 Å². The SMILES string of the molecule is CCCNc1ccc(C(=O)NC2(C)CCCOC2)cn1. The zero-order valence-electron chi connectivity index (χ0n) is 12.2. The van der Waals surface area contributed by atoms with E-state index >= 15 is 0 Å². The van der Waals surface area contributed by atoms with Gasteiger partial charge in [0.25, 0.3) is 5.91 Å². The normalized spacial score (nSPS) is 22.3. The molecule has 1 atom stereocenters. The van der Waals surface area contributed by atoms with Gasteiger partial charge in [0, 0.05) is 19.3 Å². The summed E-state index contributed by atoms with van der Waals surface area (Å²) in [6.07, 6.45) is 4.58. The molecule has 2 heterocycles. The molecule has 0 saturated carbocycles. The summed E-state index contributed by atoms with van der Waals surface area (Å²) < 4.78 is 5.44. The van der Waals surface area contributed by atoms with Crippen molar-refractivity contribution in [1.82, 2.24) is 10.3 Å². The minimum absolute atomic E-state index is 0.0902. The van der Waals surface area contributed by atoms with E-state index in [4.69, 9.17) is 4.74 Å². The molecular weight excluding hydrogens is 254 g/mol. The lowest BCUT2D eigenvalue weighted by molar-refractivity contribution is 0.0272. The van der Waals surface area contributed by atoms with Gasteiger partial charge in [-0.05, 0) is 38.3 Å². The van der Waals surface area contributed by atoms with Crippen LogP contribution in [0.15, 0.2) is 18.3 Å². The topological polar surface area (TPSA) is 63.2 Å².